The van der Waals surface area contributed by atoms with E-state index in [0.29, 0.717) is 0 Å². The second-order valence-electron chi connectivity index (χ2n) is 8.10. The van der Waals surface area contributed by atoms with Gasteiger partial charge in [0.1, 0.15) is 11.3 Å². The Morgan fingerprint density at radius 1 is 1.04 bits per heavy atom. The van der Waals surface area contributed by atoms with E-state index in [0.717, 1.165) is 55.5 Å². The van der Waals surface area contributed by atoms with Crippen LogP contribution in [-0.2, 0) is 4.79 Å². The molecule has 0 spiro atoms. The van der Waals surface area contributed by atoms with Gasteiger partial charge in [-0.05, 0) is 80.2 Å². The lowest BCUT2D eigenvalue weighted by molar-refractivity contribution is -0.133. The fourth-order valence-electron chi connectivity index (χ4n) is 4.84. The molecule has 144 valence electrons. The fourth-order valence-corrected chi connectivity index (χ4v) is 4.84. The highest BCUT2D eigenvalue weighted by molar-refractivity contribution is 5.88. The molecule has 1 saturated heterocycles. The van der Waals surface area contributed by atoms with Crippen molar-refractivity contribution in [1.29, 1.82) is 0 Å². The molecule has 1 saturated carbocycles. The van der Waals surface area contributed by atoms with Gasteiger partial charge in [0.2, 0.25) is 5.91 Å². The first-order chi connectivity index (χ1) is 13.1. The van der Waals surface area contributed by atoms with Gasteiger partial charge in [0.25, 0.3) is 0 Å². The number of ether oxygens (including phenoxy) is 1. The van der Waals surface area contributed by atoms with E-state index in [1.807, 2.05) is 12.1 Å². The van der Waals surface area contributed by atoms with E-state index in [1.54, 1.807) is 7.11 Å². The summed E-state index contributed by atoms with van der Waals surface area (Å²) in [5.74, 6) is 1.09. The summed E-state index contributed by atoms with van der Waals surface area (Å²) in [7, 11) is 1.69. The summed E-state index contributed by atoms with van der Waals surface area (Å²) in [6.07, 6.45) is 6.77. The van der Waals surface area contributed by atoms with E-state index in [-0.39, 0.29) is 17.5 Å². The molecule has 0 unspecified atom stereocenters. The van der Waals surface area contributed by atoms with Gasteiger partial charge in [-0.3, -0.25) is 9.69 Å². The van der Waals surface area contributed by atoms with Crippen LogP contribution in [0.1, 0.15) is 57.1 Å². The van der Waals surface area contributed by atoms with Crippen LogP contribution < -0.4 is 10.1 Å². The van der Waals surface area contributed by atoms with Crippen LogP contribution in [0.5, 0.6) is 5.75 Å². The minimum Gasteiger partial charge on any atom is -0.497 e. The summed E-state index contributed by atoms with van der Waals surface area (Å²) in [4.78, 5) is 15.8. The van der Waals surface area contributed by atoms with Gasteiger partial charge >= 0.3 is 0 Å². The number of nitrogens with zero attached hydrogens (tertiary/aromatic N) is 1. The fraction of sp³-hybridized carbons (Fsp3) is 0.522. The van der Waals surface area contributed by atoms with Crippen LogP contribution in [0, 0.1) is 0 Å². The summed E-state index contributed by atoms with van der Waals surface area (Å²) in [5, 5.41) is 5.66. The number of rotatable bonds is 5. The van der Waals surface area contributed by atoms with Crippen LogP contribution in [0.4, 0.5) is 0 Å². The number of fused-ring (bicyclic) bond motifs is 1. The lowest BCUT2D eigenvalue weighted by atomic mass is 9.93. The molecule has 4 rings (SSSR count). The van der Waals surface area contributed by atoms with Crippen LogP contribution in [0.2, 0.25) is 0 Å². The van der Waals surface area contributed by atoms with E-state index in [9.17, 15) is 4.79 Å². The Hall–Kier alpha value is -2.07. The van der Waals surface area contributed by atoms with Crippen LogP contribution in [-0.4, -0.2) is 36.5 Å². The molecule has 0 aromatic heterocycles. The largest absolute Gasteiger partial charge is 0.497 e. The van der Waals surface area contributed by atoms with E-state index in [2.05, 4.69) is 41.4 Å². The van der Waals surface area contributed by atoms with Crippen molar-refractivity contribution in [2.45, 2.75) is 57.0 Å². The summed E-state index contributed by atoms with van der Waals surface area (Å²) >= 11 is 0. The van der Waals surface area contributed by atoms with Gasteiger partial charge in [-0.2, -0.15) is 0 Å². The molecule has 4 heteroatoms. The van der Waals surface area contributed by atoms with Gasteiger partial charge < -0.3 is 10.1 Å². The molecule has 2 aliphatic rings. The van der Waals surface area contributed by atoms with Crippen molar-refractivity contribution < 1.29 is 9.53 Å². The second kappa shape index (κ2) is 7.51. The first-order valence-corrected chi connectivity index (χ1v) is 10.3. The Bertz CT molecular complexity index is 820. The van der Waals surface area contributed by atoms with Gasteiger partial charge in [-0.1, -0.05) is 31.0 Å². The second-order valence-corrected chi connectivity index (χ2v) is 8.10. The standard InChI is InChI=1S/C23H30N2O2/c1-17(18-7-8-20-16-21(27-2)10-9-19(20)15-18)24-22(26)23(11-3-4-12-23)25-13-5-6-14-25/h7-10,15-17H,3-6,11-14H2,1-2H3,(H,24,26)/t17-/m0/s1. The van der Waals surface area contributed by atoms with E-state index in [1.165, 1.54) is 18.2 Å². The van der Waals surface area contributed by atoms with Gasteiger partial charge in [-0.25, -0.2) is 0 Å². The van der Waals surface area contributed by atoms with E-state index >= 15 is 0 Å². The number of carbonyl (C=O) groups is 1. The number of hydrogen-bond donors (Lipinski definition) is 1. The van der Waals surface area contributed by atoms with Crippen molar-refractivity contribution in [3.63, 3.8) is 0 Å². The van der Waals surface area contributed by atoms with Crippen molar-refractivity contribution in [3.05, 3.63) is 42.0 Å². The molecule has 2 aromatic rings. The predicted octanol–water partition coefficient (Wildman–Crippen LogP) is 4.43. The number of hydrogen-bond acceptors (Lipinski definition) is 3. The van der Waals surface area contributed by atoms with Crippen LogP contribution in [0.15, 0.2) is 36.4 Å². The Morgan fingerprint density at radius 2 is 1.70 bits per heavy atom. The third-order valence-electron chi connectivity index (χ3n) is 6.48. The zero-order valence-corrected chi connectivity index (χ0v) is 16.5. The van der Waals surface area contributed by atoms with Gasteiger partial charge in [0, 0.05) is 0 Å². The number of carbonyl (C=O) groups excluding carboxylic acids is 1. The number of likely N-dealkylation sites (tertiary alicyclic amines) is 1. The maximum Gasteiger partial charge on any atom is 0.240 e. The third kappa shape index (κ3) is 3.43. The van der Waals surface area contributed by atoms with Crippen molar-refractivity contribution in [2.75, 3.05) is 20.2 Å². The molecule has 0 radical (unpaired) electrons. The number of benzene rings is 2. The summed E-state index contributed by atoms with van der Waals surface area (Å²) < 4.78 is 5.31. The number of methoxy groups -OCH3 is 1. The van der Waals surface area contributed by atoms with Crippen molar-refractivity contribution >= 4 is 16.7 Å². The maximum atomic E-state index is 13.3. The molecule has 1 aliphatic carbocycles. The molecular weight excluding hydrogens is 336 g/mol. The minimum absolute atomic E-state index is 0.00378. The zero-order chi connectivity index (χ0) is 18.9. The molecule has 1 atom stereocenters. The summed E-state index contributed by atoms with van der Waals surface area (Å²) in [6, 6.07) is 12.5. The Morgan fingerprint density at radius 3 is 2.41 bits per heavy atom. The van der Waals surface area contributed by atoms with Gasteiger partial charge in [-0.15, -0.1) is 0 Å². The Kier molecular flexibility index (Phi) is 5.09. The van der Waals surface area contributed by atoms with E-state index < -0.39 is 0 Å². The average molecular weight is 367 g/mol. The van der Waals surface area contributed by atoms with Crippen molar-refractivity contribution in [1.82, 2.24) is 10.2 Å². The number of amides is 1. The first-order valence-electron chi connectivity index (χ1n) is 10.3. The lowest BCUT2D eigenvalue weighted by Gasteiger charge is -2.38. The monoisotopic (exact) mass is 366 g/mol. The average Bonchev–Trinajstić information content (AvgIpc) is 3.39. The number of nitrogens with one attached hydrogen (secondary N) is 1. The molecule has 0 bridgehead atoms. The molecule has 1 heterocycles. The highest BCUT2D eigenvalue weighted by Gasteiger charge is 2.47. The van der Waals surface area contributed by atoms with Crippen molar-refractivity contribution in [2.24, 2.45) is 0 Å². The lowest BCUT2D eigenvalue weighted by Crippen LogP contribution is -2.56. The Labute approximate surface area is 161 Å². The third-order valence-corrected chi connectivity index (χ3v) is 6.48. The molecular formula is C23H30N2O2. The topological polar surface area (TPSA) is 41.6 Å². The SMILES string of the molecule is COc1ccc2cc([C@H](C)NC(=O)C3(N4CCCC4)CCCC3)ccc2c1. The zero-order valence-electron chi connectivity index (χ0n) is 16.5. The molecule has 2 fully saturated rings. The minimum atomic E-state index is -0.269. The van der Waals surface area contributed by atoms with Gasteiger partial charge in [0.05, 0.1) is 13.2 Å². The highest BCUT2D eigenvalue weighted by atomic mass is 16.5. The smallest absolute Gasteiger partial charge is 0.240 e. The molecule has 2 aromatic carbocycles. The quantitative estimate of drug-likeness (QED) is 0.851. The normalized spacial score (nSPS) is 20.7. The highest BCUT2D eigenvalue weighted by Crippen LogP contribution is 2.38. The first kappa shape index (κ1) is 18.3. The molecule has 1 N–H and O–H groups in total. The Balaban J connectivity index is 1.53. The van der Waals surface area contributed by atoms with Gasteiger partial charge in [0.15, 0.2) is 0 Å². The van der Waals surface area contributed by atoms with Crippen LogP contribution in [0.3, 0.4) is 0 Å². The maximum absolute atomic E-state index is 13.3. The van der Waals surface area contributed by atoms with E-state index in [4.69, 9.17) is 4.74 Å². The summed E-state index contributed by atoms with van der Waals surface area (Å²) in [6.45, 7) is 4.23. The van der Waals surface area contributed by atoms with Crippen molar-refractivity contribution in [3.8, 4) is 5.75 Å². The summed E-state index contributed by atoms with van der Waals surface area (Å²) in [5.41, 5.74) is 0.880. The molecule has 4 nitrogen and oxygen atoms in total. The van der Waals surface area contributed by atoms with Crippen LogP contribution >= 0.6 is 0 Å². The predicted molar refractivity (Wildman–Crippen MR) is 109 cm³/mol. The molecule has 1 amide bonds. The molecule has 1 aliphatic heterocycles. The van der Waals surface area contributed by atoms with Crippen LogP contribution in [0.25, 0.3) is 10.8 Å². The molecule has 27 heavy (non-hydrogen) atoms.